The minimum Gasteiger partial charge on any atom is -0.487 e. The number of rotatable bonds is 12. The Bertz CT molecular complexity index is 1210. The molecule has 1 unspecified atom stereocenters. The van der Waals surface area contributed by atoms with Crippen LogP contribution in [-0.2, 0) is 16.0 Å². The first-order valence-corrected chi connectivity index (χ1v) is 15.4. The third kappa shape index (κ3) is 11.3. The third-order valence-corrected chi connectivity index (χ3v) is 7.84. The zero-order valence-electron chi connectivity index (χ0n) is 28.1. The van der Waals surface area contributed by atoms with Gasteiger partial charge in [0, 0.05) is 5.56 Å². The molecule has 1 aliphatic rings. The summed E-state index contributed by atoms with van der Waals surface area (Å²) < 4.78 is 17.6. The van der Waals surface area contributed by atoms with E-state index in [0.717, 1.165) is 79.4 Å². The van der Waals surface area contributed by atoms with Crippen molar-refractivity contribution in [2.45, 2.75) is 139 Å². The summed E-state index contributed by atoms with van der Waals surface area (Å²) in [5, 5.41) is 2.47. The first-order valence-electron chi connectivity index (χ1n) is 15.4. The molecule has 2 rings (SSSR count). The largest absolute Gasteiger partial charge is 0.487 e. The number of ether oxygens (including phenoxy) is 3. The second-order valence-corrected chi connectivity index (χ2v) is 13.4. The Balaban J connectivity index is 1.97. The van der Waals surface area contributed by atoms with Gasteiger partial charge in [0.05, 0.1) is 0 Å². The molecule has 1 atom stereocenters. The lowest BCUT2D eigenvalue weighted by atomic mass is 9.85. The van der Waals surface area contributed by atoms with Gasteiger partial charge in [-0.1, -0.05) is 34.9 Å². The monoisotopic (exact) mass is 581 g/mol. The number of hydrogen-bond acceptors (Lipinski definition) is 5. The van der Waals surface area contributed by atoms with Crippen molar-refractivity contribution in [2.24, 2.45) is 0 Å². The number of amides is 1. The van der Waals surface area contributed by atoms with Crippen LogP contribution in [0, 0.1) is 20.8 Å². The van der Waals surface area contributed by atoms with Crippen molar-refractivity contribution >= 4 is 12.1 Å². The second-order valence-electron chi connectivity index (χ2n) is 13.4. The number of alkyl carbamates (subject to hydrolysis) is 1. The number of nitrogens with one attached hydrogen (secondary N) is 1. The molecule has 1 aromatic carbocycles. The lowest BCUT2D eigenvalue weighted by Gasteiger charge is -2.38. The molecule has 0 aliphatic carbocycles. The molecule has 1 aromatic rings. The molecule has 1 amide bonds. The Morgan fingerprint density at radius 3 is 2.10 bits per heavy atom. The second kappa shape index (κ2) is 15.5. The summed E-state index contributed by atoms with van der Waals surface area (Å²) >= 11 is 0. The minimum absolute atomic E-state index is 0.246. The van der Waals surface area contributed by atoms with Gasteiger partial charge in [-0.25, -0.2) is 9.59 Å². The van der Waals surface area contributed by atoms with Gasteiger partial charge < -0.3 is 19.5 Å². The van der Waals surface area contributed by atoms with E-state index in [-0.39, 0.29) is 12.1 Å². The fraction of sp³-hybridized carbons (Fsp3) is 0.611. The maximum absolute atomic E-state index is 12.6. The zero-order valence-corrected chi connectivity index (χ0v) is 28.1. The zero-order chi connectivity index (χ0) is 31.7. The van der Waals surface area contributed by atoms with Crippen LogP contribution in [0.4, 0.5) is 4.79 Å². The molecule has 0 bridgehead atoms. The topological polar surface area (TPSA) is 73.9 Å². The first-order chi connectivity index (χ1) is 19.5. The highest BCUT2D eigenvalue weighted by molar-refractivity contribution is 5.80. The standard InChI is InChI=1S/C36H55NO5/c1-24(2)15-12-16-25(3)17-13-18-26(4)19-14-21-36(11)22-20-30-29(7)32(27(5)28(6)33(30)41-36)40-31(38)23-37-34(39)42-35(8,9)10/h15,17,19H,12-14,16,18,20-23H2,1-11H3,(H,37,39)/b25-17+,26-19+. The number of allylic oxidation sites excluding steroid dienone is 6. The van der Waals surface area contributed by atoms with Gasteiger partial charge in [0.1, 0.15) is 29.2 Å². The molecule has 6 heteroatoms. The highest BCUT2D eigenvalue weighted by Crippen LogP contribution is 2.44. The summed E-state index contributed by atoms with van der Waals surface area (Å²) in [6.45, 7) is 22.0. The first kappa shape index (κ1) is 35.2. The maximum atomic E-state index is 12.6. The minimum atomic E-state index is -0.648. The van der Waals surface area contributed by atoms with E-state index in [0.29, 0.717) is 5.75 Å². The van der Waals surface area contributed by atoms with Crippen molar-refractivity contribution in [2.75, 3.05) is 6.54 Å². The Morgan fingerprint density at radius 2 is 1.50 bits per heavy atom. The van der Waals surface area contributed by atoms with Gasteiger partial charge in [0.15, 0.2) is 0 Å². The number of carbonyl (C=O) groups excluding carboxylic acids is 2. The molecular formula is C36H55NO5. The number of fused-ring (bicyclic) bond motifs is 1. The molecule has 1 N–H and O–H groups in total. The van der Waals surface area contributed by atoms with E-state index in [4.69, 9.17) is 14.2 Å². The summed E-state index contributed by atoms with van der Waals surface area (Å²) in [5.74, 6) is 0.929. The number of esters is 1. The molecule has 0 radical (unpaired) electrons. The van der Waals surface area contributed by atoms with E-state index < -0.39 is 17.7 Å². The van der Waals surface area contributed by atoms with Crippen LogP contribution in [0.1, 0.15) is 123 Å². The van der Waals surface area contributed by atoms with Crippen molar-refractivity contribution in [3.8, 4) is 11.5 Å². The number of hydrogen-bond donors (Lipinski definition) is 1. The summed E-state index contributed by atoms with van der Waals surface area (Å²) in [7, 11) is 0. The van der Waals surface area contributed by atoms with Crippen LogP contribution in [0.15, 0.2) is 34.9 Å². The van der Waals surface area contributed by atoms with Gasteiger partial charge in [-0.15, -0.1) is 0 Å². The van der Waals surface area contributed by atoms with E-state index >= 15 is 0 Å². The molecule has 234 valence electrons. The highest BCUT2D eigenvalue weighted by atomic mass is 16.6. The van der Waals surface area contributed by atoms with Crippen LogP contribution in [0.5, 0.6) is 11.5 Å². The maximum Gasteiger partial charge on any atom is 0.408 e. The van der Waals surface area contributed by atoms with Crippen molar-refractivity contribution in [1.82, 2.24) is 5.32 Å². The molecule has 0 saturated carbocycles. The predicted octanol–water partition coefficient (Wildman–Crippen LogP) is 9.33. The molecule has 0 fully saturated rings. The van der Waals surface area contributed by atoms with E-state index in [9.17, 15) is 9.59 Å². The molecule has 0 aromatic heterocycles. The van der Waals surface area contributed by atoms with Crippen LogP contribution in [0.2, 0.25) is 0 Å². The van der Waals surface area contributed by atoms with Crippen molar-refractivity contribution in [3.05, 3.63) is 57.2 Å². The molecule has 1 heterocycles. The van der Waals surface area contributed by atoms with E-state index in [1.54, 1.807) is 20.8 Å². The van der Waals surface area contributed by atoms with Gasteiger partial charge in [0.2, 0.25) is 0 Å². The van der Waals surface area contributed by atoms with E-state index in [2.05, 4.69) is 58.2 Å². The van der Waals surface area contributed by atoms with Crippen LogP contribution in [-0.4, -0.2) is 29.8 Å². The fourth-order valence-electron chi connectivity index (χ4n) is 5.18. The summed E-state index contributed by atoms with van der Waals surface area (Å²) in [4.78, 5) is 24.5. The van der Waals surface area contributed by atoms with Crippen LogP contribution >= 0.6 is 0 Å². The Hall–Kier alpha value is -3.02. The smallest absolute Gasteiger partial charge is 0.408 e. The summed E-state index contributed by atoms with van der Waals surface area (Å²) in [6.07, 6.45) is 14.5. The molecule has 0 spiro atoms. The summed E-state index contributed by atoms with van der Waals surface area (Å²) in [6, 6.07) is 0. The van der Waals surface area contributed by atoms with Gasteiger partial charge in [-0.05, 0) is 144 Å². The van der Waals surface area contributed by atoms with E-state index in [1.807, 2.05) is 20.8 Å². The lowest BCUT2D eigenvalue weighted by molar-refractivity contribution is -0.133. The molecule has 1 aliphatic heterocycles. The number of benzene rings is 1. The van der Waals surface area contributed by atoms with Gasteiger partial charge in [-0.3, -0.25) is 0 Å². The SMILES string of the molecule is CC(C)=CCC/C(C)=C/CC/C(C)=C/CCC1(C)CCc2c(C)c(OC(=O)CNC(=O)OC(C)(C)C)c(C)c(C)c2O1. The van der Waals surface area contributed by atoms with Crippen LogP contribution in [0.3, 0.4) is 0 Å². The lowest BCUT2D eigenvalue weighted by Crippen LogP contribution is -2.37. The average Bonchev–Trinajstić information content (AvgIpc) is 2.87. The third-order valence-electron chi connectivity index (χ3n) is 7.84. The van der Waals surface area contributed by atoms with Crippen LogP contribution in [0.25, 0.3) is 0 Å². The molecule has 6 nitrogen and oxygen atoms in total. The van der Waals surface area contributed by atoms with Crippen molar-refractivity contribution in [1.29, 1.82) is 0 Å². The van der Waals surface area contributed by atoms with Crippen molar-refractivity contribution in [3.63, 3.8) is 0 Å². The van der Waals surface area contributed by atoms with Crippen molar-refractivity contribution < 1.29 is 23.8 Å². The number of carbonyl (C=O) groups is 2. The summed E-state index contributed by atoms with van der Waals surface area (Å²) in [5.41, 5.74) is 7.28. The normalized spacial score (nSPS) is 17.2. The van der Waals surface area contributed by atoms with Gasteiger partial charge in [0.25, 0.3) is 0 Å². The Labute approximate surface area is 255 Å². The highest BCUT2D eigenvalue weighted by Gasteiger charge is 2.34. The quantitative estimate of drug-likeness (QED) is 0.151. The van der Waals surface area contributed by atoms with Crippen LogP contribution < -0.4 is 14.8 Å². The fourth-order valence-corrected chi connectivity index (χ4v) is 5.18. The Kier molecular flexibility index (Phi) is 12.9. The van der Waals surface area contributed by atoms with E-state index in [1.165, 1.54) is 16.7 Å². The van der Waals surface area contributed by atoms with Gasteiger partial charge >= 0.3 is 12.1 Å². The molecule has 42 heavy (non-hydrogen) atoms. The molecular weight excluding hydrogens is 526 g/mol. The predicted molar refractivity (Wildman–Crippen MR) is 173 cm³/mol. The Morgan fingerprint density at radius 1 is 0.905 bits per heavy atom. The average molecular weight is 582 g/mol. The van der Waals surface area contributed by atoms with Gasteiger partial charge in [-0.2, -0.15) is 0 Å². The molecule has 0 saturated heterocycles.